The quantitative estimate of drug-likeness (QED) is 0.649. The molecule has 12 heavy (non-hydrogen) atoms. The summed E-state index contributed by atoms with van der Waals surface area (Å²) in [7, 11) is 0. The van der Waals surface area contributed by atoms with Gasteiger partial charge in [0.25, 0.3) is 0 Å². The van der Waals surface area contributed by atoms with Gasteiger partial charge in [0.2, 0.25) is 0 Å². The van der Waals surface area contributed by atoms with Crippen LogP contribution in [0.3, 0.4) is 0 Å². The Hall–Kier alpha value is -0.120. The van der Waals surface area contributed by atoms with Crippen molar-refractivity contribution in [2.24, 2.45) is 5.73 Å². The minimum absolute atomic E-state index is 0.244. The van der Waals surface area contributed by atoms with E-state index in [-0.39, 0.29) is 6.04 Å². The average Bonchev–Trinajstić information content (AvgIpc) is 2.05. The first-order valence-electron chi connectivity index (χ1n) is 4.87. The number of rotatable bonds is 4. The molecule has 1 aliphatic rings. The SMILES string of the molecule is CC(N)CNCC1CCCCO1. The smallest absolute Gasteiger partial charge is 0.0699 e. The van der Waals surface area contributed by atoms with Crippen molar-refractivity contribution in [3.05, 3.63) is 0 Å². The largest absolute Gasteiger partial charge is 0.377 e. The standard InChI is InChI=1S/C9H20N2O/c1-8(10)6-11-7-9-4-2-3-5-12-9/h8-9,11H,2-7,10H2,1H3. The number of nitrogens with one attached hydrogen (secondary N) is 1. The number of ether oxygens (including phenoxy) is 1. The molecule has 0 aromatic heterocycles. The molecular formula is C9H20N2O. The van der Waals surface area contributed by atoms with Crippen LogP contribution in [0.2, 0.25) is 0 Å². The second-order valence-corrected chi connectivity index (χ2v) is 3.62. The fraction of sp³-hybridized carbons (Fsp3) is 1.00. The average molecular weight is 172 g/mol. The van der Waals surface area contributed by atoms with Crippen LogP contribution in [0.1, 0.15) is 26.2 Å². The first-order chi connectivity index (χ1) is 5.79. The van der Waals surface area contributed by atoms with Crippen molar-refractivity contribution < 1.29 is 4.74 Å². The van der Waals surface area contributed by atoms with Gasteiger partial charge in [0.1, 0.15) is 0 Å². The normalized spacial score (nSPS) is 27.0. The van der Waals surface area contributed by atoms with Crippen molar-refractivity contribution in [1.82, 2.24) is 5.32 Å². The Bertz CT molecular complexity index is 111. The van der Waals surface area contributed by atoms with E-state index in [2.05, 4.69) is 5.32 Å². The van der Waals surface area contributed by atoms with Gasteiger partial charge in [0, 0.05) is 25.7 Å². The summed E-state index contributed by atoms with van der Waals surface area (Å²) in [4.78, 5) is 0. The third-order valence-electron chi connectivity index (χ3n) is 2.11. The summed E-state index contributed by atoms with van der Waals surface area (Å²) in [5, 5.41) is 3.30. The maximum absolute atomic E-state index is 5.60. The third kappa shape index (κ3) is 4.04. The molecule has 0 aromatic rings. The molecule has 3 nitrogen and oxygen atoms in total. The molecule has 1 heterocycles. The fourth-order valence-electron chi connectivity index (χ4n) is 1.44. The number of hydrogen-bond acceptors (Lipinski definition) is 3. The lowest BCUT2D eigenvalue weighted by Gasteiger charge is -2.23. The number of hydrogen-bond donors (Lipinski definition) is 2. The van der Waals surface area contributed by atoms with Crippen molar-refractivity contribution in [3.63, 3.8) is 0 Å². The fourth-order valence-corrected chi connectivity index (χ4v) is 1.44. The maximum Gasteiger partial charge on any atom is 0.0699 e. The highest BCUT2D eigenvalue weighted by Crippen LogP contribution is 2.11. The minimum Gasteiger partial charge on any atom is -0.377 e. The van der Waals surface area contributed by atoms with Crippen LogP contribution >= 0.6 is 0 Å². The Labute approximate surface area is 74.7 Å². The van der Waals surface area contributed by atoms with Gasteiger partial charge in [-0.2, -0.15) is 0 Å². The van der Waals surface area contributed by atoms with Crippen LogP contribution in [-0.2, 0) is 4.74 Å². The van der Waals surface area contributed by atoms with E-state index in [1.165, 1.54) is 19.3 Å². The lowest BCUT2D eigenvalue weighted by Crippen LogP contribution is -2.37. The van der Waals surface area contributed by atoms with E-state index in [9.17, 15) is 0 Å². The van der Waals surface area contributed by atoms with Crippen LogP contribution in [0.25, 0.3) is 0 Å². The van der Waals surface area contributed by atoms with Gasteiger partial charge in [-0.1, -0.05) is 0 Å². The van der Waals surface area contributed by atoms with Crippen molar-refractivity contribution in [3.8, 4) is 0 Å². The van der Waals surface area contributed by atoms with Crippen LogP contribution in [-0.4, -0.2) is 31.8 Å². The zero-order valence-corrected chi connectivity index (χ0v) is 7.88. The van der Waals surface area contributed by atoms with E-state index < -0.39 is 0 Å². The second-order valence-electron chi connectivity index (χ2n) is 3.62. The van der Waals surface area contributed by atoms with Crippen LogP contribution in [0.15, 0.2) is 0 Å². The van der Waals surface area contributed by atoms with E-state index in [0.29, 0.717) is 6.10 Å². The van der Waals surface area contributed by atoms with Gasteiger partial charge in [-0.3, -0.25) is 0 Å². The molecule has 2 atom stereocenters. The molecule has 1 saturated heterocycles. The first kappa shape index (κ1) is 9.96. The van der Waals surface area contributed by atoms with Gasteiger partial charge in [0.05, 0.1) is 6.10 Å². The summed E-state index contributed by atoms with van der Waals surface area (Å²) >= 11 is 0. The van der Waals surface area contributed by atoms with Gasteiger partial charge >= 0.3 is 0 Å². The highest BCUT2D eigenvalue weighted by molar-refractivity contribution is 4.67. The summed E-state index contributed by atoms with van der Waals surface area (Å²) < 4.78 is 5.56. The molecule has 0 aromatic carbocycles. The monoisotopic (exact) mass is 172 g/mol. The first-order valence-corrected chi connectivity index (χ1v) is 4.87. The Morgan fingerprint density at radius 1 is 1.58 bits per heavy atom. The summed E-state index contributed by atoms with van der Waals surface area (Å²) in [6, 6.07) is 0.244. The summed E-state index contributed by atoms with van der Waals surface area (Å²) in [6.07, 6.45) is 4.16. The summed E-state index contributed by atoms with van der Waals surface area (Å²) in [6.45, 7) is 4.79. The second kappa shape index (κ2) is 5.51. The Kier molecular flexibility index (Phi) is 4.58. The molecule has 1 fully saturated rings. The lowest BCUT2D eigenvalue weighted by molar-refractivity contribution is 0.0169. The zero-order chi connectivity index (χ0) is 8.81. The van der Waals surface area contributed by atoms with Crippen LogP contribution in [0.4, 0.5) is 0 Å². The van der Waals surface area contributed by atoms with Gasteiger partial charge in [-0.05, 0) is 26.2 Å². The minimum atomic E-state index is 0.244. The highest BCUT2D eigenvalue weighted by atomic mass is 16.5. The van der Waals surface area contributed by atoms with E-state index in [4.69, 9.17) is 10.5 Å². The van der Waals surface area contributed by atoms with Crippen LogP contribution in [0.5, 0.6) is 0 Å². The van der Waals surface area contributed by atoms with Crippen molar-refractivity contribution in [2.75, 3.05) is 19.7 Å². The maximum atomic E-state index is 5.60. The lowest BCUT2D eigenvalue weighted by atomic mass is 10.1. The molecule has 0 spiro atoms. The molecule has 0 bridgehead atoms. The molecule has 1 rings (SSSR count). The Morgan fingerprint density at radius 3 is 3.00 bits per heavy atom. The van der Waals surface area contributed by atoms with Crippen molar-refractivity contribution in [2.45, 2.75) is 38.3 Å². The van der Waals surface area contributed by atoms with Gasteiger partial charge in [-0.15, -0.1) is 0 Å². The molecule has 3 heteroatoms. The Balaban J connectivity index is 1.98. The molecule has 3 N–H and O–H groups in total. The van der Waals surface area contributed by atoms with Gasteiger partial charge in [-0.25, -0.2) is 0 Å². The zero-order valence-electron chi connectivity index (χ0n) is 7.88. The third-order valence-corrected chi connectivity index (χ3v) is 2.11. The Morgan fingerprint density at radius 2 is 2.42 bits per heavy atom. The van der Waals surface area contributed by atoms with E-state index in [1.54, 1.807) is 0 Å². The van der Waals surface area contributed by atoms with Crippen molar-refractivity contribution >= 4 is 0 Å². The molecule has 72 valence electrons. The number of nitrogens with two attached hydrogens (primary N) is 1. The topological polar surface area (TPSA) is 47.3 Å². The predicted molar refractivity (Wildman–Crippen MR) is 50.1 cm³/mol. The molecule has 0 amide bonds. The van der Waals surface area contributed by atoms with Crippen molar-refractivity contribution in [1.29, 1.82) is 0 Å². The van der Waals surface area contributed by atoms with Gasteiger partial charge < -0.3 is 15.8 Å². The van der Waals surface area contributed by atoms with Crippen LogP contribution in [0, 0.1) is 0 Å². The van der Waals surface area contributed by atoms with E-state index in [1.807, 2.05) is 6.92 Å². The summed E-state index contributed by atoms with van der Waals surface area (Å²) in [5.41, 5.74) is 5.60. The molecule has 0 saturated carbocycles. The molecule has 0 aliphatic carbocycles. The van der Waals surface area contributed by atoms with E-state index >= 15 is 0 Å². The predicted octanol–water partition coefficient (Wildman–Crippen LogP) is 0.492. The summed E-state index contributed by atoms with van der Waals surface area (Å²) in [5.74, 6) is 0. The molecule has 2 unspecified atom stereocenters. The molecule has 0 radical (unpaired) electrons. The highest BCUT2D eigenvalue weighted by Gasteiger charge is 2.12. The molecular weight excluding hydrogens is 152 g/mol. The van der Waals surface area contributed by atoms with Gasteiger partial charge in [0.15, 0.2) is 0 Å². The van der Waals surface area contributed by atoms with E-state index in [0.717, 1.165) is 19.7 Å². The van der Waals surface area contributed by atoms with Crippen LogP contribution < -0.4 is 11.1 Å². The molecule has 1 aliphatic heterocycles.